The fourth-order valence-electron chi connectivity index (χ4n) is 3.55. The highest BCUT2D eigenvalue weighted by atomic mass is 35.5. The van der Waals surface area contributed by atoms with Crippen molar-refractivity contribution in [3.63, 3.8) is 0 Å². The molecule has 0 saturated carbocycles. The number of aryl methyl sites for hydroxylation is 2. The van der Waals surface area contributed by atoms with Crippen LogP contribution in [0.4, 0.5) is 0 Å². The van der Waals surface area contributed by atoms with E-state index in [9.17, 15) is 9.59 Å². The van der Waals surface area contributed by atoms with Crippen LogP contribution in [0.2, 0.25) is 5.02 Å². The van der Waals surface area contributed by atoms with Gasteiger partial charge in [-0.15, -0.1) is 0 Å². The second-order valence-corrected chi connectivity index (χ2v) is 7.89. The largest absolute Gasteiger partial charge is 0.459 e. The van der Waals surface area contributed by atoms with E-state index in [4.69, 9.17) is 20.9 Å². The molecule has 0 aliphatic carbocycles. The predicted octanol–water partition coefficient (Wildman–Crippen LogP) is 4.51. The smallest absolute Gasteiger partial charge is 0.329 e. The molecule has 4 aromatic rings. The summed E-state index contributed by atoms with van der Waals surface area (Å²) in [5.74, 6) is -0.422. The second kappa shape index (κ2) is 9.28. The molecule has 2 aromatic carbocycles. The number of fused-ring (bicyclic) bond motifs is 1. The number of hydrogen-bond acceptors (Lipinski definition) is 5. The zero-order chi connectivity index (χ0) is 22.7. The van der Waals surface area contributed by atoms with Crippen LogP contribution in [0.1, 0.15) is 32.9 Å². The summed E-state index contributed by atoms with van der Waals surface area (Å²) in [5.41, 5.74) is 3.49. The van der Waals surface area contributed by atoms with Gasteiger partial charge >= 0.3 is 5.97 Å². The maximum atomic E-state index is 13.0. The van der Waals surface area contributed by atoms with Gasteiger partial charge in [0.25, 0.3) is 5.91 Å². The molecule has 2 aromatic heterocycles. The van der Waals surface area contributed by atoms with Crippen molar-refractivity contribution in [1.29, 1.82) is 0 Å². The SMILES string of the molecule is Cc1noc(C)c1COC(=O)C(Cc1c[nH]c2ccccc12)NC(=O)c1ccccc1Cl. The van der Waals surface area contributed by atoms with Crippen LogP contribution in [0.15, 0.2) is 59.3 Å². The standard InChI is InChI=1S/C24H22ClN3O4/c1-14-19(15(2)32-28-14)13-31-24(30)22(27-23(29)18-8-3-5-9-20(18)25)11-16-12-26-21-10-6-4-7-17(16)21/h3-10,12,22,26H,11,13H2,1-2H3,(H,27,29). The molecule has 0 bridgehead atoms. The van der Waals surface area contributed by atoms with Crippen molar-refractivity contribution in [3.8, 4) is 0 Å². The molecule has 0 radical (unpaired) electrons. The van der Waals surface area contributed by atoms with E-state index in [1.165, 1.54) is 0 Å². The molecule has 0 saturated heterocycles. The van der Waals surface area contributed by atoms with Gasteiger partial charge in [-0.1, -0.05) is 47.1 Å². The Balaban J connectivity index is 1.57. The van der Waals surface area contributed by atoms with E-state index in [0.29, 0.717) is 22.0 Å². The fourth-order valence-corrected chi connectivity index (χ4v) is 3.77. The van der Waals surface area contributed by atoms with E-state index in [-0.39, 0.29) is 18.6 Å². The number of carbonyl (C=O) groups is 2. The normalized spacial score (nSPS) is 12.0. The van der Waals surface area contributed by atoms with Crippen LogP contribution in [-0.4, -0.2) is 28.1 Å². The number of aromatic nitrogens is 2. The number of esters is 1. The van der Waals surface area contributed by atoms with Gasteiger partial charge in [0.15, 0.2) is 0 Å². The second-order valence-electron chi connectivity index (χ2n) is 7.48. The Morgan fingerprint density at radius 3 is 2.66 bits per heavy atom. The Morgan fingerprint density at radius 1 is 1.16 bits per heavy atom. The number of para-hydroxylation sites is 1. The Kier molecular flexibility index (Phi) is 6.28. The molecule has 164 valence electrons. The fraction of sp³-hybridized carbons (Fsp3) is 0.208. The van der Waals surface area contributed by atoms with Crippen molar-refractivity contribution in [2.75, 3.05) is 0 Å². The number of rotatable bonds is 7. The van der Waals surface area contributed by atoms with Gasteiger partial charge in [0.05, 0.1) is 21.8 Å². The summed E-state index contributed by atoms with van der Waals surface area (Å²) in [6.45, 7) is 3.54. The van der Waals surface area contributed by atoms with Gasteiger partial charge < -0.3 is 19.6 Å². The summed E-state index contributed by atoms with van der Waals surface area (Å²) < 4.78 is 10.7. The van der Waals surface area contributed by atoms with Crippen molar-refractivity contribution in [2.45, 2.75) is 32.9 Å². The molecule has 1 unspecified atom stereocenters. The van der Waals surface area contributed by atoms with Crippen LogP contribution >= 0.6 is 11.6 Å². The summed E-state index contributed by atoms with van der Waals surface area (Å²) in [6.07, 6.45) is 2.08. The quantitative estimate of drug-likeness (QED) is 0.403. The third-order valence-electron chi connectivity index (χ3n) is 5.35. The van der Waals surface area contributed by atoms with Gasteiger partial charge in [-0.2, -0.15) is 0 Å². The molecule has 0 spiro atoms. The molecular formula is C24H22ClN3O4. The minimum atomic E-state index is -0.918. The first-order valence-corrected chi connectivity index (χ1v) is 10.5. The van der Waals surface area contributed by atoms with Gasteiger partial charge in [-0.25, -0.2) is 4.79 Å². The van der Waals surface area contributed by atoms with Crippen molar-refractivity contribution < 1.29 is 18.8 Å². The van der Waals surface area contributed by atoms with Gasteiger partial charge in [-0.3, -0.25) is 4.79 Å². The van der Waals surface area contributed by atoms with Crippen LogP contribution in [-0.2, 0) is 22.6 Å². The highest BCUT2D eigenvalue weighted by Gasteiger charge is 2.26. The lowest BCUT2D eigenvalue weighted by atomic mass is 10.0. The van der Waals surface area contributed by atoms with Crippen molar-refractivity contribution >= 4 is 34.4 Å². The summed E-state index contributed by atoms with van der Waals surface area (Å²) in [7, 11) is 0. The highest BCUT2D eigenvalue weighted by molar-refractivity contribution is 6.33. The molecule has 32 heavy (non-hydrogen) atoms. The number of amides is 1. The van der Waals surface area contributed by atoms with E-state index in [1.54, 1.807) is 38.1 Å². The number of carbonyl (C=O) groups excluding carboxylic acids is 2. The molecule has 0 aliphatic rings. The van der Waals surface area contributed by atoms with E-state index >= 15 is 0 Å². The maximum Gasteiger partial charge on any atom is 0.329 e. The van der Waals surface area contributed by atoms with Gasteiger partial charge in [0.1, 0.15) is 18.4 Å². The highest BCUT2D eigenvalue weighted by Crippen LogP contribution is 2.21. The number of ether oxygens (including phenoxy) is 1. The number of hydrogen-bond donors (Lipinski definition) is 2. The minimum Gasteiger partial charge on any atom is -0.459 e. The monoisotopic (exact) mass is 451 g/mol. The number of nitrogens with zero attached hydrogens (tertiary/aromatic N) is 1. The molecule has 8 heteroatoms. The zero-order valence-electron chi connectivity index (χ0n) is 17.6. The molecule has 0 fully saturated rings. The molecule has 1 atom stereocenters. The van der Waals surface area contributed by atoms with Gasteiger partial charge in [0.2, 0.25) is 0 Å². The van der Waals surface area contributed by atoms with Crippen LogP contribution in [0.3, 0.4) is 0 Å². The first-order valence-electron chi connectivity index (χ1n) is 10.1. The lowest BCUT2D eigenvalue weighted by Crippen LogP contribution is -2.43. The van der Waals surface area contributed by atoms with E-state index < -0.39 is 17.9 Å². The topological polar surface area (TPSA) is 97.2 Å². The van der Waals surface area contributed by atoms with E-state index in [0.717, 1.165) is 16.5 Å². The Labute approximate surface area is 189 Å². The van der Waals surface area contributed by atoms with Crippen LogP contribution in [0.25, 0.3) is 10.9 Å². The molecule has 2 heterocycles. The third-order valence-corrected chi connectivity index (χ3v) is 5.68. The predicted molar refractivity (Wildman–Crippen MR) is 120 cm³/mol. The number of nitrogens with one attached hydrogen (secondary N) is 2. The zero-order valence-corrected chi connectivity index (χ0v) is 18.4. The third kappa shape index (κ3) is 4.53. The van der Waals surface area contributed by atoms with Crippen LogP contribution < -0.4 is 5.32 Å². The van der Waals surface area contributed by atoms with Crippen LogP contribution in [0, 0.1) is 13.8 Å². The molecule has 2 N–H and O–H groups in total. The summed E-state index contributed by atoms with van der Waals surface area (Å²) in [4.78, 5) is 29.1. The lowest BCUT2D eigenvalue weighted by Gasteiger charge is -2.18. The lowest BCUT2D eigenvalue weighted by molar-refractivity contribution is -0.147. The first-order chi connectivity index (χ1) is 15.4. The van der Waals surface area contributed by atoms with Crippen molar-refractivity contribution in [2.24, 2.45) is 0 Å². The Bertz CT molecular complexity index is 1260. The number of aromatic amines is 1. The molecular weight excluding hydrogens is 430 g/mol. The Hall–Kier alpha value is -3.58. The number of benzene rings is 2. The summed E-state index contributed by atoms with van der Waals surface area (Å²) >= 11 is 6.17. The Morgan fingerprint density at radius 2 is 1.91 bits per heavy atom. The van der Waals surface area contributed by atoms with Crippen molar-refractivity contribution in [1.82, 2.24) is 15.5 Å². The van der Waals surface area contributed by atoms with Gasteiger partial charge in [0, 0.05) is 23.5 Å². The molecule has 0 aliphatic heterocycles. The minimum absolute atomic E-state index is 0.00630. The number of halogens is 1. The summed E-state index contributed by atoms with van der Waals surface area (Å²) in [5, 5.41) is 7.94. The first kappa shape index (κ1) is 21.6. The molecule has 4 rings (SSSR count). The molecule has 7 nitrogen and oxygen atoms in total. The maximum absolute atomic E-state index is 13.0. The summed E-state index contributed by atoms with van der Waals surface area (Å²) in [6, 6.07) is 13.5. The van der Waals surface area contributed by atoms with E-state index in [2.05, 4.69) is 15.5 Å². The molecule has 1 amide bonds. The average Bonchev–Trinajstić information content (AvgIpc) is 3.34. The van der Waals surface area contributed by atoms with Gasteiger partial charge in [-0.05, 0) is 37.6 Å². The number of H-pyrrole nitrogens is 1. The van der Waals surface area contributed by atoms with E-state index in [1.807, 2.05) is 30.5 Å². The average molecular weight is 452 g/mol. The van der Waals surface area contributed by atoms with Crippen LogP contribution in [0.5, 0.6) is 0 Å². The van der Waals surface area contributed by atoms with Crippen molar-refractivity contribution in [3.05, 3.63) is 87.9 Å².